The van der Waals surface area contributed by atoms with Gasteiger partial charge in [-0.3, -0.25) is 4.79 Å². The maximum absolute atomic E-state index is 15.2. The number of carbonyl (C=O) groups is 1. The molecule has 4 rings (SSSR count). The van der Waals surface area contributed by atoms with Crippen LogP contribution >= 0.6 is 12.4 Å². The van der Waals surface area contributed by atoms with Crippen molar-refractivity contribution in [3.63, 3.8) is 0 Å². The van der Waals surface area contributed by atoms with E-state index in [1.165, 1.54) is 13.3 Å². The van der Waals surface area contributed by atoms with Gasteiger partial charge in [0.05, 0.1) is 18.0 Å². The number of benzene rings is 1. The van der Waals surface area contributed by atoms with Crippen molar-refractivity contribution in [3.8, 4) is 11.4 Å². The second kappa shape index (κ2) is 8.49. The number of hydrogen-bond acceptors (Lipinski definition) is 4. The van der Waals surface area contributed by atoms with Crippen LogP contribution in [0.4, 0.5) is 4.39 Å². The van der Waals surface area contributed by atoms with Gasteiger partial charge in [0.25, 0.3) is 0 Å². The number of methoxy groups -OCH3 is 1. The summed E-state index contributed by atoms with van der Waals surface area (Å²) in [4.78, 5) is 24.2. The second-order valence-corrected chi connectivity index (χ2v) is 7.27. The molecule has 1 aromatic carbocycles. The van der Waals surface area contributed by atoms with E-state index in [2.05, 4.69) is 0 Å². The Balaban J connectivity index is 0.00000256. The molecule has 0 radical (unpaired) electrons. The highest BCUT2D eigenvalue weighted by Gasteiger charge is 2.30. The number of aromatic carboxylic acids is 1. The summed E-state index contributed by atoms with van der Waals surface area (Å²) in [5.41, 5.74) is 6.09. The SMILES string of the molecule is COc1c(-n2ccc(CCCN)c2)c(F)cc2c(=O)c(C(=O)O)cn(C3CC3)c12.Cl. The Labute approximate surface area is 178 Å². The number of fused-ring (bicyclic) bond motifs is 1. The summed E-state index contributed by atoms with van der Waals surface area (Å²) in [6, 6.07) is 3.06. The fourth-order valence-corrected chi connectivity index (χ4v) is 3.70. The Bertz CT molecular complexity index is 1170. The lowest BCUT2D eigenvalue weighted by Crippen LogP contribution is -2.20. The van der Waals surface area contributed by atoms with E-state index in [1.54, 1.807) is 15.3 Å². The Kier molecular flexibility index (Phi) is 6.19. The van der Waals surface area contributed by atoms with Gasteiger partial charge < -0.3 is 24.7 Å². The average molecular weight is 436 g/mol. The molecule has 9 heteroatoms. The fourth-order valence-electron chi connectivity index (χ4n) is 3.70. The van der Waals surface area contributed by atoms with Crippen LogP contribution in [0.2, 0.25) is 0 Å². The molecule has 1 fully saturated rings. The molecule has 1 saturated carbocycles. The Morgan fingerprint density at radius 3 is 2.70 bits per heavy atom. The highest BCUT2D eigenvalue weighted by Crippen LogP contribution is 2.41. The molecular formula is C21H23ClFN3O4. The van der Waals surface area contributed by atoms with Gasteiger partial charge in [-0.1, -0.05) is 0 Å². The number of nitrogens with two attached hydrogens (primary N) is 1. The van der Waals surface area contributed by atoms with Crippen LogP contribution in [0, 0.1) is 5.82 Å². The smallest absolute Gasteiger partial charge is 0.341 e. The van der Waals surface area contributed by atoms with E-state index in [4.69, 9.17) is 10.5 Å². The molecule has 0 amide bonds. The van der Waals surface area contributed by atoms with Crippen LogP contribution in [-0.2, 0) is 6.42 Å². The number of halogens is 2. The van der Waals surface area contributed by atoms with Crippen LogP contribution in [0.1, 0.15) is 41.2 Å². The Morgan fingerprint density at radius 1 is 1.37 bits per heavy atom. The number of aromatic nitrogens is 2. The molecule has 1 aliphatic carbocycles. The van der Waals surface area contributed by atoms with E-state index in [1.807, 2.05) is 12.3 Å². The molecule has 0 bridgehead atoms. The van der Waals surface area contributed by atoms with Gasteiger partial charge in [-0.2, -0.15) is 0 Å². The Morgan fingerprint density at radius 2 is 2.10 bits per heavy atom. The van der Waals surface area contributed by atoms with Gasteiger partial charge in [-0.05, 0) is 49.9 Å². The molecule has 0 unspecified atom stereocenters. The average Bonchev–Trinajstić information content (AvgIpc) is 3.44. The van der Waals surface area contributed by atoms with E-state index < -0.39 is 17.2 Å². The molecule has 3 N–H and O–H groups in total. The summed E-state index contributed by atoms with van der Waals surface area (Å²) in [7, 11) is 1.42. The zero-order valence-electron chi connectivity index (χ0n) is 16.4. The van der Waals surface area contributed by atoms with E-state index in [0.29, 0.717) is 12.1 Å². The van der Waals surface area contributed by atoms with E-state index >= 15 is 4.39 Å². The lowest BCUT2D eigenvalue weighted by Gasteiger charge is -2.18. The van der Waals surface area contributed by atoms with Gasteiger partial charge >= 0.3 is 5.97 Å². The highest BCUT2D eigenvalue weighted by molar-refractivity contribution is 5.96. The normalized spacial score (nSPS) is 13.3. The first kappa shape index (κ1) is 21.9. The molecule has 160 valence electrons. The summed E-state index contributed by atoms with van der Waals surface area (Å²) in [6.07, 6.45) is 8.21. The van der Waals surface area contributed by atoms with Gasteiger partial charge in [-0.15, -0.1) is 12.4 Å². The summed E-state index contributed by atoms with van der Waals surface area (Å²) < 4.78 is 24.1. The third kappa shape index (κ3) is 3.68. The molecule has 7 nitrogen and oxygen atoms in total. The van der Waals surface area contributed by atoms with Gasteiger partial charge in [0.15, 0.2) is 11.6 Å². The summed E-state index contributed by atoms with van der Waals surface area (Å²) >= 11 is 0. The van der Waals surface area contributed by atoms with Crippen molar-refractivity contribution in [2.45, 2.75) is 31.7 Å². The predicted molar refractivity (Wildman–Crippen MR) is 114 cm³/mol. The van der Waals surface area contributed by atoms with Crippen LogP contribution < -0.4 is 15.9 Å². The number of hydrogen-bond donors (Lipinski definition) is 2. The summed E-state index contributed by atoms with van der Waals surface area (Å²) in [6.45, 7) is 0.568. The minimum absolute atomic E-state index is 0. The van der Waals surface area contributed by atoms with E-state index in [-0.39, 0.29) is 40.8 Å². The number of ether oxygens (including phenoxy) is 1. The summed E-state index contributed by atoms with van der Waals surface area (Å²) in [5.74, 6) is -1.77. The number of carboxylic acid groups (broad SMARTS) is 1. The van der Waals surface area contributed by atoms with Crippen LogP contribution in [0.15, 0.2) is 35.5 Å². The van der Waals surface area contributed by atoms with Crippen molar-refractivity contribution in [2.24, 2.45) is 5.73 Å². The third-order valence-electron chi connectivity index (χ3n) is 5.25. The van der Waals surface area contributed by atoms with Crippen molar-refractivity contribution in [2.75, 3.05) is 13.7 Å². The van der Waals surface area contributed by atoms with Crippen molar-refractivity contribution < 1.29 is 19.0 Å². The van der Waals surface area contributed by atoms with Crippen LogP contribution in [-0.4, -0.2) is 33.9 Å². The molecule has 30 heavy (non-hydrogen) atoms. The number of nitrogens with zero attached hydrogens (tertiary/aromatic N) is 2. The van der Waals surface area contributed by atoms with Gasteiger partial charge in [0.1, 0.15) is 11.3 Å². The van der Waals surface area contributed by atoms with Crippen LogP contribution in [0.3, 0.4) is 0 Å². The molecule has 2 aromatic heterocycles. The quantitative estimate of drug-likeness (QED) is 0.593. The fraction of sp³-hybridized carbons (Fsp3) is 0.333. The van der Waals surface area contributed by atoms with Crippen molar-refractivity contribution in [3.05, 3.63) is 57.9 Å². The first-order valence-electron chi connectivity index (χ1n) is 9.52. The minimum atomic E-state index is -1.33. The molecule has 1 aliphatic rings. The number of pyridine rings is 1. The number of aryl methyl sites for hydroxylation is 1. The topological polar surface area (TPSA) is 99.5 Å². The molecule has 0 saturated heterocycles. The number of carboxylic acids is 1. The molecule has 2 heterocycles. The van der Waals surface area contributed by atoms with Gasteiger partial charge in [-0.25, -0.2) is 9.18 Å². The lowest BCUT2D eigenvalue weighted by molar-refractivity contribution is 0.0695. The minimum Gasteiger partial charge on any atom is -0.492 e. The largest absolute Gasteiger partial charge is 0.492 e. The zero-order valence-corrected chi connectivity index (χ0v) is 17.2. The second-order valence-electron chi connectivity index (χ2n) is 7.27. The maximum atomic E-state index is 15.2. The number of rotatable bonds is 7. The lowest BCUT2D eigenvalue weighted by atomic mass is 10.1. The summed E-state index contributed by atoms with van der Waals surface area (Å²) in [5, 5.41) is 9.41. The molecule has 3 aromatic rings. The predicted octanol–water partition coefficient (Wildman–Crippen LogP) is 3.29. The molecule has 0 spiro atoms. The maximum Gasteiger partial charge on any atom is 0.341 e. The highest BCUT2D eigenvalue weighted by atomic mass is 35.5. The van der Waals surface area contributed by atoms with Crippen molar-refractivity contribution >= 4 is 29.3 Å². The monoisotopic (exact) mass is 435 g/mol. The zero-order chi connectivity index (χ0) is 20.7. The Hall–Kier alpha value is -2.84. The van der Waals surface area contributed by atoms with Crippen molar-refractivity contribution in [1.82, 2.24) is 9.13 Å². The molecular weight excluding hydrogens is 413 g/mol. The van der Waals surface area contributed by atoms with Crippen molar-refractivity contribution in [1.29, 1.82) is 0 Å². The van der Waals surface area contributed by atoms with E-state index in [9.17, 15) is 14.7 Å². The van der Waals surface area contributed by atoms with Gasteiger partial charge in [0, 0.05) is 24.6 Å². The van der Waals surface area contributed by atoms with Gasteiger partial charge in [0.2, 0.25) is 5.43 Å². The third-order valence-corrected chi connectivity index (χ3v) is 5.25. The first-order chi connectivity index (χ1) is 14.0. The standard InChI is InChI=1S/C21H22FN3O4.ClH/c1-29-20-17-14(19(26)15(21(27)28)11-25(17)13-4-5-13)9-16(22)18(20)24-8-6-12(10-24)3-2-7-23;/h6,8-11,13H,2-5,7,23H2,1H3,(H,27,28);1H. The molecule has 0 aliphatic heterocycles. The van der Waals surface area contributed by atoms with Crippen LogP contribution in [0.5, 0.6) is 5.75 Å². The first-order valence-corrected chi connectivity index (χ1v) is 9.52. The van der Waals surface area contributed by atoms with Crippen LogP contribution in [0.25, 0.3) is 16.6 Å². The molecule has 0 atom stereocenters. The van der Waals surface area contributed by atoms with E-state index in [0.717, 1.165) is 37.3 Å².